The molecule has 2 amide bonds. The third-order valence-corrected chi connectivity index (χ3v) is 4.73. The van der Waals surface area contributed by atoms with Gasteiger partial charge in [-0.1, -0.05) is 17.7 Å². The maximum Gasteiger partial charge on any atom is 0.329 e. The summed E-state index contributed by atoms with van der Waals surface area (Å²) in [6, 6.07) is 14.4. The van der Waals surface area contributed by atoms with E-state index < -0.39 is 33.0 Å². The summed E-state index contributed by atoms with van der Waals surface area (Å²) >= 11 is 0. The molecule has 0 radical (unpaired) electrons. The van der Waals surface area contributed by atoms with E-state index in [1.807, 2.05) is 6.92 Å². The van der Waals surface area contributed by atoms with Crippen LogP contribution in [0.25, 0.3) is 0 Å². The van der Waals surface area contributed by atoms with E-state index >= 15 is 0 Å². The number of ether oxygens (including phenoxy) is 2. The van der Waals surface area contributed by atoms with Gasteiger partial charge in [-0.3, -0.25) is 29.8 Å². The van der Waals surface area contributed by atoms with Crippen molar-refractivity contribution in [3.8, 4) is 17.2 Å². The Kier molecular flexibility index (Phi) is 8.44. The molecule has 37 heavy (non-hydrogen) atoms. The molecular formula is C24H21N5O8. The second-order valence-corrected chi connectivity index (χ2v) is 7.43. The van der Waals surface area contributed by atoms with Crippen LogP contribution in [0, 0.1) is 27.2 Å². The molecule has 0 aliphatic carbocycles. The summed E-state index contributed by atoms with van der Waals surface area (Å²) < 4.78 is 11.2. The van der Waals surface area contributed by atoms with E-state index in [-0.39, 0.29) is 23.9 Å². The molecule has 190 valence electrons. The number of hydrogen-bond donors (Lipinski definition) is 2. The molecule has 0 heterocycles. The van der Waals surface area contributed by atoms with E-state index in [2.05, 4.69) is 15.8 Å². The minimum atomic E-state index is -0.979. The Bertz CT molecular complexity index is 1370. The van der Waals surface area contributed by atoms with E-state index in [9.17, 15) is 29.8 Å². The Hall–Kier alpha value is -5.33. The molecule has 0 atom stereocenters. The van der Waals surface area contributed by atoms with Gasteiger partial charge in [0.05, 0.1) is 28.7 Å². The molecular weight excluding hydrogens is 486 g/mol. The Morgan fingerprint density at radius 2 is 1.62 bits per heavy atom. The zero-order valence-electron chi connectivity index (χ0n) is 19.7. The number of non-ortho nitro benzene ring substituents is 1. The van der Waals surface area contributed by atoms with Gasteiger partial charge in [-0.25, -0.2) is 5.43 Å². The van der Waals surface area contributed by atoms with Crippen molar-refractivity contribution in [1.82, 2.24) is 5.43 Å². The Morgan fingerprint density at radius 3 is 2.27 bits per heavy atom. The van der Waals surface area contributed by atoms with Gasteiger partial charge >= 0.3 is 17.5 Å². The summed E-state index contributed by atoms with van der Waals surface area (Å²) in [6.07, 6.45) is 1.26. The largest absolute Gasteiger partial charge is 0.490 e. The summed E-state index contributed by atoms with van der Waals surface area (Å²) in [6.45, 7) is 3.84. The van der Waals surface area contributed by atoms with Crippen LogP contribution in [-0.2, 0) is 9.59 Å². The summed E-state index contributed by atoms with van der Waals surface area (Å²) in [4.78, 5) is 44.8. The van der Waals surface area contributed by atoms with Gasteiger partial charge in [0.2, 0.25) is 5.75 Å². The number of carbonyl (C=O) groups excluding carboxylic acids is 2. The number of nitro groups is 2. The van der Waals surface area contributed by atoms with Crippen molar-refractivity contribution in [2.24, 2.45) is 5.10 Å². The van der Waals surface area contributed by atoms with Gasteiger partial charge in [-0.05, 0) is 55.8 Å². The van der Waals surface area contributed by atoms with Crippen molar-refractivity contribution >= 4 is 35.1 Å². The van der Waals surface area contributed by atoms with Gasteiger partial charge in [-0.15, -0.1) is 0 Å². The normalized spacial score (nSPS) is 10.5. The third kappa shape index (κ3) is 7.08. The molecule has 0 saturated carbocycles. The highest BCUT2D eigenvalue weighted by molar-refractivity contribution is 6.39. The van der Waals surface area contributed by atoms with Gasteiger partial charge in [0, 0.05) is 11.8 Å². The Balaban J connectivity index is 1.72. The first-order chi connectivity index (χ1) is 17.7. The molecule has 3 aromatic rings. The topological polar surface area (TPSA) is 175 Å². The van der Waals surface area contributed by atoms with Crippen molar-refractivity contribution in [3.63, 3.8) is 0 Å². The van der Waals surface area contributed by atoms with Gasteiger partial charge in [0.15, 0.2) is 11.5 Å². The lowest BCUT2D eigenvalue weighted by molar-refractivity contribution is -0.394. The number of nitrogens with zero attached hydrogens (tertiary/aromatic N) is 3. The highest BCUT2D eigenvalue weighted by Crippen LogP contribution is 2.38. The number of nitrogens with one attached hydrogen (secondary N) is 2. The standard InChI is InChI=1S/C24H21N5O8/c1-3-36-22-12-16(14-25-27-24(31)23(30)26-17-7-4-15(2)5-8-17)6-10-21(22)37-20-11-9-18(28(32)33)13-19(20)29(34)35/h4-14H,3H2,1-2H3,(H,26,30)(H,27,31). The molecule has 0 aliphatic rings. The lowest BCUT2D eigenvalue weighted by Crippen LogP contribution is -2.32. The molecule has 0 fully saturated rings. The monoisotopic (exact) mass is 507 g/mol. The molecule has 0 aliphatic heterocycles. The van der Waals surface area contributed by atoms with Crippen LogP contribution in [0.15, 0.2) is 65.8 Å². The SMILES string of the molecule is CCOc1cc(C=NNC(=O)C(=O)Nc2ccc(C)cc2)ccc1Oc1ccc([N+](=O)[O-])cc1[N+](=O)[O-]. The first-order valence-corrected chi connectivity index (χ1v) is 10.8. The summed E-state index contributed by atoms with van der Waals surface area (Å²) in [5.74, 6) is -1.79. The lowest BCUT2D eigenvalue weighted by atomic mass is 10.2. The van der Waals surface area contributed by atoms with Gasteiger partial charge in [0.1, 0.15) is 0 Å². The van der Waals surface area contributed by atoms with E-state index in [4.69, 9.17) is 9.47 Å². The van der Waals surface area contributed by atoms with Crippen molar-refractivity contribution in [2.45, 2.75) is 13.8 Å². The number of hydrogen-bond acceptors (Lipinski definition) is 9. The second-order valence-electron chi connectivity index (χ2n) is 7.43. The number of carbonyl (C=O) groups is 2. The number of benzene rings is 3. The molecule has 13 nitrogen and oxygen atoms in total. The number of hydrazone groups is 1. The van der Waals surface area contributed by atoms with Crippen molar-refractivity contribution in [1.29, 1.82) is 0 Å². The van der Waals surface area contributed by atoms with Crippen LogP contribution < -0.4 is 20.2 Å². The molecule has 13 heteroatoms. The minimum absolute atomic E-state index is 0.109. The number of rotatable bonds is 9. The van der Waals surface area contributed by atoms with Gasteiger partial charge in [0.25, 0.3) is 5.69 Å². The van der Waals surface area contributed by atoms with E-state index in [1.54, 1.807) is 31.2 Å². The fourth-order valence-electron chi connectivity index (χ4n) is 2.97. The van der Waals surface area contributed by atoms with Crippen molar-refractivity contribution in [2.75, 3.05) is 11.9 Å². The summed E-state index contributed by atoms with van der Waals surface area (Å²) in [5.41, 5.74) is 2.99. The van der Waals surface area contributed by atoms with E-state index in [0.717, 1.165) is 23.8 Å². The second kappa shape index (κ2) is 11.9. The maximum atomic E-state index is 12.0. The number of amides is 2. The van der Waals surface area contributed by atoms with Gasteiger partial charge < -0.3 is 14.8 Å². The average Bonchev–Trinajstić information content (AvgIpc) is 2.86. The molecule has 0 unspecified atom stereocenters. The molecule has 3 aromatic carbocycles. The average molecular weight is 507 g/mol. The highest BCUT2D eigenvalue weighted by atomic mass is 16.6. The third-order valence-electron chi connectivity index (χ3n) is 4.73. The summed E-state index contributed by atoms with van der Waals surface area (Å²) in [5, 5.41) is 28.5. The zero-order valence-corrected chi connectivity index (χ0v) is 19.7. The Labute approximate surface area is 210 Å². The van der Waals surface area contributed by atoms with Gasteiger partial charge in [-0.2, -0.15) is 5.10 Å². The minimum Gasteiger partial charge on any atom is -0.490 e. The van der Waals surface area contributed by atoms with Crippen LogP contribution in [0.2, 0.25) is 0 Å². The van der Waals surface area contributed by atoms with Crippen LogP contribution in [0.3, 0.4) is 0 Å². The molecule has 0 aromatic heterocycles. The van der Waals surface area contributed by atoms with Crippen LogP contribution in [-0.4, -0.2) is 34.5 Å². The van der Waals surface area contributed by atoms with Crippen LogP contribution >= 0.6 is 0 Å². The molecule has 0 saturated heterocycles. The number of anilines is 1. The number of nitro benzene ring substituents is 2. The van der Waals surface area contributed by atoms with Crippen LogP contribution in [0.4, 0.5) is 17.1 Å². The highest BCUT2D eigenvalue weighted by Gasteiger charge is 2.22. The Morgan fingerprint density at radius 1 is 0.919 bits per heavy atom. The molecule has 0 spiro atoms. The van der Waals surface area contributed by atoms with Crippen molar-refractivity contribution < 1.29 is 28.9 Å². The first kappa shape index (κ1) is 26.3. The molecule has 3 rings (SSSR count). The van der Waals surface area contributed by atoms with E-state index in [1.165, 1.54) is 24.4 Å². The smallest absolute Gasteiger partial charge is 0.329 e. The molecule has 0 bridgehead atoms. The fraction of sp³-hybridized carbons (Fsp3) is 0.125. The van der Waals surface area contributed by atoms with Crippen LogP contribution in [0.1, 0.15) is 18.1 Å². The lowest BCUT2D eigenvalue weighted by Gasteiger charge is -2.12. The predicted octanol–water partition coefficient (Wildman–Crippen LogP) is 4.09. The number of aryl methyl sites for hydroxylation is 1. The van der Waals surface area contributed by atoms with E-state index in [0.29, 0.717) is 11.3 Å². The van der Waals surface area contributed by atoms with Crippen molar-refractivity contribution in [3.05, 3.63) is 92.0 Å². The first-order valence-electron chi connectivity index (χ1n) is 10.8. The summed E-state index contributed by atoms with van der Waals surface area (Å²) in [7, 11) is 0. The predicted molar refractivity (Wildman–Crippen MR) is 133 cm³/mol. The quantitative estimate of drug-likeness (QED) is 0.188. The fourth-order valence-corrected chi connectivity index (χ4v) is 2.97. The van der Waals surface area contributed by atoms with Crippen LogP contribution in [0.5, 0.6) is 17.2 Å². The molecule has 2 N–H and O–H groups in total. The maximum absolute atomic E-state index is 12.0. The zero-order chi connectivity index (χ0) is 26.9.